The van der Waals surface area contributed by atoms with Crippen molar-refractivity contribution in [2.75, 3.05) is 6.61 Å². The van der Waals surface area contributed by atoms with E-state index in [4.69, 9.17) is 4.74 Å². The molecule has 0 radical (unpaired) electrons. The van der Waals surface area contributed by atoms with Gasteiger partial charge in [-0.2, -0.15) is 0 Å². The fraction of sp³-hybridized carbons (Fsp3) is 0.250. The molecule has 0 N–H and O–H groups in total. The molecule has 1 aliphatic rings. The highest BCUT2D eigenvalue weighted by Gasteiger charge is 2.27. The zero-order valence-corrected chi connectivity index (χ0v) is 8.15. The molecular formula is C8H6BrNO3. The van der Waals surface area contributed by atoms with E-state index in [0.717, 1.165) is 10.0 Å². The van der Waals surface area contributed by atoms with Crippen LogP contribution >= 0.6 is 15.9 Å². The lowest BCUT2D eigenvalue weighted by Crippen LogP contribution is -1.90. The van der Waals surface area contributed by atoms with E-state index in [1.807, 2.05) is 0 Å². The molecule has 1 fully saturated rings. The first-order valence-corrected chi connectivity index (χ1v) is 4.53. The number of hydrogen-bond donors (Lipinski definition) is 0. The van der Waals surface area contributed by atoms with Gasteiger partial charge in [0.25, 0.3) is 5.69 Å². The van der Waals surface area contributed by atoms with E-state index in [9.17, 15) is 10.1 Å². The minimum Gasteiger partial charge on any atom is -0.368 e. The number of nitro groups is 1. The van der Waals surface area contributed by atoms with Gasteiger partial charge in [0.05, 0.1) is 11.5 Å². The van der Waals surface area contributed by atoms with Crippen molar-refractivity contribution < 1.29 is 9.66 Å². The second-order valence-electron chi connectivity index (χ2n) is 2.78. The molecule has 0 bridgehead atoms. The van der Waals surface area contributed by atoms with Crippen molar-refractivity contribution in [3.63, 3.8) is 0 Å². The Morgan fingerprint density at radius 3 is 2.77 bits per heavy atom. The maximum absolute atomic E-state index is 10.4. The molecule has 2 rings (SSSR count). The molecule has 1 atom stereocenters. The molecule has 0 aliphatic carbocycles. The Morgan fingerprint density at radius 1 is 1.62 bits per heavy atom. The quantitative estimate of drug-likeness (QED) is 0.456. The van der Waals surface area contributed by atoms with E-state index in [2.05, 4.69) is 15.9 Å². The zero-order valence-electron chi connectivity index (χ0n) is 6.57. The molecule has 5 heteroatoms. The first kappa shape index (κ1) is 8.65. The van der Waals surface area contributed by atoms with Crippen LogP contribution in [0.1, 0.15) is 11.7 Å². The van der Waals surface area contributed by atoms with Gasteiger partial charge in [0.15, 0.2) is 0 Å². The van der Waals surface area contributed by atoms with Crippen LogP contribution in [0.25, 0.3) is 0 Å². The molecule has 4 nitrogen and oxygen atoms in total. The van der Waals surface area contributed by atoms with Gasteiger partial charge in [-0.15, -0.1) is 0 Å². The number of halogens is 1. The summed E-state index contributed by atoms with van der Waals surface area (Å²) in [4.78, 5) is 9.99. The summed E-state index contributed by atoms with van der Waals surface area (Å²) in [5.74, 6) is 0. The number of rotatable bonds is 2. The lowest BCUT2D eigenvalue weighted by Gasteiger charge is -1.99. The van der Waals surface area contributed by atoms with E-state index < -0.39 is 4.92 Å². The molecule has 0 unspecified atom stereocenters. The predicted octanol–water partition coefficient (Wildman–Crippen LogP) is 2.43. The second kappa shape index (κ2) is 3.08. The maximum atomic E-state index is 10.4. The highest BCUT2D eigenvalue weighted by atomic mass is 79.9. The van der Waals surface area contributed by atoms with Crippen molar-refractivity contribution in [1.82, 2.24) is 0 Å². The lowest BCUT2D eigenvalue weighted by molar-refractivity contribution is -0.384. The van der Waals surface area contributed by atoms with Gasteiger partial charge in [-0.3, -0.25) is 10.1 Å². The van der Waals surface area contributed by atoms with Crippen molar-refractivity contribution in [1.29, 1.82) is 0 Å². The summed E-state index contributed by atoms with van der Waals surface area (Å²) < 4.78 is 5.82. The SMILES string of the molecule is O=[N+]([O-])c1ccc([C@H]2CO2)c(Br)c1. The molecule has 0 aromatic heterocycles. The normalized spacial score (nSPS) is 19.9. The smallest absolute Gasteiger partial charge is 0.270 e. The number of benzene rings is 1. The molecule has 13 heavy (non-hydrogen) atoms. The third-order valence-corrected chi connectivity index (χ3v) is 2.56. The van der Waals surface area contributed by atoms with Crippen LogP contribution in [0.5, 0.6) is 0 Å². The van der Waals surface area contributed by atoms with Gasteiger partial charge in [-0.25, -0.2) is 0 Å². The van der Waals surface area contributed by atoms with Crippen molar-refractivity contribution in [3.05, 3.63) is 38.3 Å². The molecule has 1 heterocycles. The molecule has 0 saturated carbocycles. The summed E-state index contributed by atoms with van der Waals surface area (Å²) in [7, 11) is 0. The van der Waals surface area contributed by atoms with Crippen LogP contribution in [0.15, 0.2) is 22.7 Å². The fourth-order valence-corrected chi connectivity index (χ4v) is 1.74. The average Bonchev–Trinajstić information content (AvgIpc) is 2.87. The van der Waals surface area contributed by atoms with Gasteiger partial charge in [-0.05, 0) is 11.6 Å². The van der Waals surface area contributed by atoms with E-state index in [-0.39, 0.29) is 11.8 Å². The van der Waals surface area contributed by atoms with Gasteiger partial charge in [0.1, 0.15) is 6.10 Å². The van der Waals surface area contributed by atoms with Gasteiger partial charge in [0.2, 0.25) is 0 Å². The topological polar surface area (TPSA) is 55.7 Å². The standard InChI is InChI=1S/C8H6BrNO3/c9-7-3-5(10(11)12)1-2-6(7)8-4-13-8/h1-3,8H,4H2/t8-/m1/s1. The van der Waals surface area contributed by atoms with Gasteiger partial charge >= 0.3 is 0 Å². The molecule has 1 aromatic rings. The van der Waals surface area contributed by atoms with Crippen LogP contribution in [0.3, 0.4) is 0 Å². The monoisotopic (exact) mass is 243 g/mol. The summed E-state index contributed by atoms with van der Waals surface area (Å²) in [6, 6.07) is 4.71. The first-order valence-electron chi connectivity index (χ1n) is 3.74. The molecular weight excluding hydrogens is 238 g/mol. The van der Waals surface area contributed by atoms with Crippen LogP contribution in [0.4, 0.5) is 5.69 Å². The third-order valence-electron chi connectivity index (χ3n) is 1.88. The van der Waals surface area contributed by atoms with Crippen LogP contribution in [0.2, 0.25) is 0 Å². The Hall–Kier alpha value is -0.940. The Kier molecular flexibility index (Phi) is 2.05. The van der Waals surface area contributed by atoms with Crippen molar-refractivity contribution in [2.24, 2.45) is 0 Å². The number of ether oxygens (including phenoxy) is 1. The molecule has 68 valence electrons. The van der Waals surface area contributed by atoms with Crippen LogP contribution in [0, 0.1) is 10.1 Å². The number of nitro benzene ring substituents is 1. The number of epoxide rings is 1. The van der Waals surface area contributed by atoms with Crippen LogP contribution in [-0.2, 0) is 4.74 Å². The van der Waals surface area contributed by atoms with Crippen LogP contribution in [-0.4, -0.2) is 11.5 Å². The lowest BCUT2D eigenvalue weighted by atomic mass is 10.1. The van der Waals surface area contributed by atoms with E-state index in [1.165, 1.54) is 12.1 Å². The fourth-order valence-electron chi connectivity index (χ4n) is 1.12. The Bertz CT molecular complexity index is 362. The van der Waals surface area contributed by atoms with Crippen LogP contribution < -0.4 is 0 Å². The zero-order chi connectivity index (χ0) is 9.42. The molecule has 0 amide bonds. The van der Waals surface area contributed by atoms with Crippen molar-refractivity contribution in [3.8, 4) is 0 Å². The first-order chi connectivity index (χ1) is 6.18. The second-order valence-corrected chi connectivity index (χ2v) is 3.64. The minimum absolute atomic E-state index is 0.0938. The molecule has 1 aliphatic heterocycles. The number of non-ortho nitro benzene ring substituents is 1. The largest absolute Gasteiger partial charge is 0.368 e. The Labute approximate surface area is 82.8 Å². The van der Waals surface area contributed by atoms with Gasteiger partial charge in [0, 0.05) is 16.6 Å². The Morgan fingerprint density at radius 2 is 2.31 bits per heavy atom. The predicted molar refractivity (Wildman–Crippen MR) is 49.5 cm³/mol. The van der Waals surface area contributed by atoms with E-state index >= 15 is 0 Å². The number of nitrogens with zero attached hydrogens (tertiary/aromatic N) is 1. The molecule has 1 saturated heterocycles. The van der Waals surface area contributed by atoms with E-state index in [1.54, 1.807) is 6.07 Å². The summed E-state index contributed by atoms with van der Waals surface area (Å²) in [5, 5.41) is 10.4. The molecule has 1 aromatic carbocycles. The summed E-state index contributed by atoms with van der Waals surface area (Å²) >= 11 is 3.27. The van der Waals surface area contributed by atoms with Crippen molar-refractivity contribution in [2.45, 2.75) is 6.10 Å². The number of hydrogen-bond acceptors (Lipinski definition) is 3. The highest BCUT2D eigenvalue weighted by Crippen LogP contribution is 2.36. The van der Waals surface area contributed by atoms with Gasteiger partial charge < -0.3 is 4.74 Å². The summed E-state index contributed by atoms with van der Waals surface area (Å²) in [5.41, 5.74) is 1.07. The highest BCUT2D eigenvalue weighted by molar-refractivity contribution is 9.10. The van der Waals surface area contributed by atoms with E-state index in [0.29, 0.717) is 6.61 Å². The third kappa shape index (κ3) is 1.71. The average molecular weight is 244 g/mol. The maximum Gasteiger partial charge on any atom is 0.270 e. The Balaban J connectivity index is 2.36. The molecule has 0 spiro atoms. The summed E-state index contributed by atoms with van der Waals surface area (Å²) in [6.45, 7) is 0.705. The minimum atomic E-state index is -0.414. The van der Waals surface area contributed by atoms with Crippen molar-refractivity contribution >= 4 is 21.6 Å². The van der Waals surface area contributed by atoms with Gasteiger partial charge in [-0.1, -0.05) is 15.9 Å². The summed E-state index contributed by atoms with van der Waals surface area (Å²) in [6.07, 6.45) is 0.121.